The highest BCUT2D eigenvalue weighted by molar-refractivity contribution is 5.01. The highest BCUT2D eigenvalue weighted by Gasteiger charge is 2.47. The predicted octanol–water partition coefficient (Wildman–Crippen LogP) is 3.66. The second-order valence-corrected chi connectivity index (χ2v) is 8.85. The summed E-state index contributed by atoms with van der Waals surface area (Å²) < 4.78 is 0. The molecule has 2 unspecified atom stereocenters. The Bertz CT molecular complexity index is 285. The molecule has 1 N–H and O–H groups in total. The molecule has 0 spiro atoms. The predicted molar refractivity (Wildman–Crippen MR) is 83.5 cm³/mol. The molecule has 1 saturated carbocycles. The first-order chi connectivity index (χ1) is 8.67. The maximum absolute atomic E-state index is 3.60. The number of piperidine rings is 1. The maximum Gasteiger partial charge on any atom is 0.0116 e. The zero-order valence-corrected chi connectivity index (χ0v) is 13.9. The molecule has 3 rings (SSSR count). The summed E-state index contributed by atoms with van der Waals surface area (Å²) in [5, 5.41) is 3.60. The fourth-order valence-corrected chi connectivity index (χ4v) is 3.76. The Kier molecular flexibility index (Phi) is 4.32. The number of nitrogens with one attached hydrogen (secondary N) is 1. The van der Waals surface area contributed by atoms with Gasteiger partial charge in [0.25, 0.3) is 0 Å². The van der Waals surface area contributed by atoms with Crippen LogP contribution in [0, 0.1) is 11.3 Å². The zero-order chi connectivity index (χ0) is 14.3. The van der Waals surface area contributed by atoms with E-state index in [-0.39, 0.29) is 5.54 Å². The smallest absolute Gasteiger partial charge is 0.0116 e. The molecule has 112 valence electrons. The molecule has 3 fully saturated rings. The van der Waals surface area contributed by atoms with E-state index < -0.39 is 0 Å². The summed E-state index contributed by atoms with van der Waals surface area (Å²) in [5.41, 5.74) is 0.777. The van der Waals surface area contributed by atoms with Gasteiger partial charge in [-0.05, 0) is 70.9 Å². The lowest BCUT2D eigenvalue weighted by Crippen LogP contribution is -2.62. The first-order valence-electron chi connectivity index (χ1n) is 8.17. The van der Waals surface area contributed by atoms with Crippen LogP contribution in [0.5, 0.6) is 0 Å². The molecule has 0 aromatic rings. The topological polar surface area (TPSA) is 15.3 Å². The molecule has 2 heteroatoms. The van der Waals surface area contributed by atoms with Gasteiger partial charge in [0.15, 0.2) is 0 Å². The molecule has 2 aliphatic heterocycles. The van der Waals surface area contributed by atoms with Crippen molar-refractivity contribution in [2.24, 2.45) is 11.3 Å². The molecule has 2 nitrogen and oxygen atoms in total. The molecule has 0 radical (unpaired) electrons. The van der Waals surface area contributed by atoms with E-state index in [9.17, 15) is 0 Å². The molecule has 0 aromatic carbocycles. The van der Waals surface area contributed by atoms with Crippen molar-refractivity contribution in [3.8, 4) is 0 Å². The van der Waals surface area contributed by atoms with Gasteiger partial charge in [-0.25, -0.2) is 0 Å². The van der Waals surface area contributed by atoms with Crippen molar-refractivity contribution >= 4 is 0 Å². The van der Waals surface area contributed by atoms with Crippen molar-refractivity contribution in [1.82, 2.24) is 10.2 Å². The fraction of sp³-hybridized carbons (Fsp3) is 1.00. The Morgan fingerprint density at radius 1 is 0.947 bits per heavy atom. The summed E-state index contributed by atoms with van der Waals surface area (Å²) >= 11 is 0. The van der Waals surface area contributed by atoms with Crippen molar-refractivity contribution in [3.05, 3.63) is 0 Å². The van der Waals surface area contributed by atoms with Crippen LogP contribution in [0.15, 0.2) is 0 Å². The molecule has 1 aliphatic carbocycles. The average molecular weight is 266 g/mol. The van der Waals surface area contributed by atoms with Gasteiger partial charge in [-0.1, -0.05) is 20.8 Å². The van der Waals surface area contributed by atoms with Gasteiger partial charge in [0.2, 0.25) is 0 Å². The van der Waals surface area contributed by atoms with Crippen LogP contribution in [0.3, 0.4) is 0 Å². The summed E-state index contributed by atoms with van der Waals surface area (Å²) in [7, 11) is 0. The van der Waals surface area contributed by atoms with Crippen LogP contribution in [-0.4, -0.2) is 35.6 Å². The number of hydrogen-bond donors (Lipinski definition) is 1. The van der Waals surface area contributed by atoms with Gasteiger partial charge in [0.05, 0.1) is 0 Å². The lowest BCUT2D eigenvalue weighted by Gasteiger charge is -2.58. The highest BCUT2D eigenvalue weighted by atomic mass is 15.3. The summed E-state index contributed by atoms with van der Waals surface area (Å²) in [6.45, 7) is 16.5. The van der Waals surface area contributed by atoms with Crippen LogP contribution in [0.1, 0.15) is 67.2 Å². The van der Waals surface area contributed by atoms with Crippen LogP contribution in [0.4, 0.5) is 0 Å². The molecule has 2 bridgehead atoms. The molecule has 19 heavy (non-hydrogen) atoms. The first-order valence-corrected chi connectivity index (χ1v) is 8.17. The quantitative estimate of drug-likeness (QED) is 0.781. The van der Waals surface area contributed by atoms with E-state index in [0.29, 0.717) is 5.41 Å². The molecule has 2 atom stereocenters. The minimum atomic E-state index is 0.266. The van der Waals surface area contributed by atoms with Crippen molar-refractivity contribution in [2.45, 2.75) is 84.8 Å². The van der Waals surface area contributed by atoms with Crippen LogP contribution in [-0.2, 0) is 0 Å². The van der Waals surface area contributed by atoms with Crippen LogP contribution < -0.4 is 5.32 Å². The van der Waals surface area contributed by atoms with E-state index >= 15 is 0 Å². The SMILES string of the molecule is CC(C)(C)NCCCN1C2CC1CC(C(C)(C)C)C2. The van der Waals surface area contributed by atoms with Crippen LogP contribution >= 0.6 is 0 Å². The summed E-state index contributed by atoms with van der Waals surface area (Å²) in [5.74, 6) is 0.945. The van der Waals surface area contributed by atoms with E-state index in [1.165, 1.54) is 32.2 Å². The van der Waals surface area contributed by atoms with Gasteiger partial charge in [-0.2, -0.15) is 0 Å². The van der Waals surface area contributed by atoms with Crippen molar-refractivity contribution in [1.29, 1.82) is 0 Å². The van der Waals surface area contributed by atoms with Crippen LogP contribution in [0.25, 0.3) is 0 Å². The monoisotopic (exact) mass is 266 g/mol. The number of hydrogen-bond acceptors (Lipinski definition) is 2. The van der Waals surface area contributed by atoms with E-state index in [4.69, 9.17) is 0 Å². The molecule has 2 saturated heterocycles. The number of rotatable bonds is 4. The summed E-state index contributed by atoms with van der Waals surface area (Å²) in [6.07, 6.45) is 5.64. The second kappa shape index (κ2) is 5.37. The van der Waals surface area contributed by atoms with Gasteiger partial charge in [-0.15, -0.1) is 0 Å². The van der Waals surface area contributed by atoms with Gasteiger partial charge in [0, 0.05) is 17.6 Å². The van der Waals surface area contributed by atoms with Crippen LogP contribution in [0.2, 0.25) is 0 Å². The summed E-state index contributed by atoms with van der Waals surface area (Å²) in [4.78, 5) is 2.78. The van der Waals surface area contributed by atoms with Gasteiger partial charge in [0.1, 0.15) is 0 Å². The molecule has 2 heterocycles. The third-order valence-corrected chi connectivity index (χ3v) is 5.07. The highest BCUT2D eigenvalue weighted by Crippen LogP contribution is 2.47. The molecule has 0 amide bonds. The first kappa shape index (κ1) is 15.3. The van der Waals surface area contributed by atoms with E-state index in [2.05, 4.69) is 51.8 Å². The van der Waals surface area contributed by atoms with Gasteiger partial charge >= 0.3 is 0 Å². The Morgan fingerprint density at radius 2 is 1.53 bits per heavy atom. The fourth-order valence-electron chi connectivity index (χ4n) is 3.76. The maximum atomic E-state index is 3.60. The number of fused-ring (bicyclic) bond motifs is 2. The molecular weight excluding hydrogens is 232 g/mol. The zero-order valence-electron chi connectivity index (χ0n) is 13.9. The second-order valence-electron chi connectivity index (χ2n) is 8.85. The van der Waals surface area contributed by atoms with Crippen molar-refractivity contribution in [2.75, 3.05) is 13.1 Å². The van der Waals surface area contributed by atoms with Crippen molar-refractivity contribution < 1.29 is 0 Å². The number of nitrogens with zero attached hydrogens (tertiary/aromatic N) is 1. The largest absolute Gasteiger partial charge is 0.312 e. The van der Waals surface area contributed by atoms with E-state index in [0.717, 1.165) is 24.5 Å². The molecular formula is C17H34N2. The Morgan fingerprint density at radius 3 is 2.00 bits per heavy atom. The third kappa shape index (κ3) is 3.95. The van der Waals surface area contributed by atoms with E-state index in [1.54, 1.807) is 0 Å². The molecule has 3 aliphatic rings. The lowest BCUT2D eigenvalue weighted by atomic mass is 9.64. The Hall–Kier alpha value is -0.0800. The van der Waals surface area contributed by atoms with Gasteiger partial charge in [-0.3, -0.25) is 4.90 Å². The Labute approximate surface area is 120 Å². The normalized spacial score (nSPS) is 32.2. The molecule has 0 aromatic heterocycles. The summed E-state index contributed by atoms with van der Waals surface area (Å²) in [6, 6.07) is 1.80. The van der Waals surface area contributed by atoms with Crippen molar-refractivity contribution in [3.63, 3.8) is 0 Å². The average Bonchev–Trinajstić information content (AvgIpc) is 2.26. The van der Waals surface area contributed by atoms with Gasteiger partial charge < -0.3 is 5.32 Å². The van der Waals surface area contributed by atoms with E-state index in [1.807, 2.05) is 0 Å². The minimum absolute atomic E-state index is 0.266. The Balaban J connectivity index is 1.69. The standard InChI is InChI=1S/C17H34N2/c1-16(2,3)13-10-14-12-15(11-13)19(14)9-7-8-18-17(4,5)6/h13-15,18H,7-12H2,1-6H3. The third-order valence-electron chi connectivity index (χ3n) is 5.07. The minimum Gasteiger partial charge on any atom is -0.312 e. The lowest BCUT2D eigenvalue weighted by molar-refractivity contribution is -0.0748.